The van der Waals surface area contributed by atoms with Crippen LogP contribution in [0.25, 0.3) is 10.2 Å². The molecule has 1 aromatic heterocycles. The average Bonchev–Trinajstić information content (AvgIpc) is 3.35. The quantitative estimate of drug-likeness (QED) is 0.268. The van der Waals surface area contributed by atoms with Crippen LogP contribution in [-0.2, 0) is 16.6 Å². The number of nitrogens with zero attached hydrogens (tertiary/aromatic N) is 4. The maximum absolute atomic E-state index is 14.3. The van der Waals surface area contributed by atoms with E-state index in [2.05, 4.69) is 4.98 Å². The third kappa shape index (κ3) is 7.20. The number of para-hydroxylation sites is 1. The molecule has 0 radical (unpaired) electrons. The molecular formula is C28H31ClFN4O3S2-. The molecule has 0 bridgehead atoms. The molecule has 0 aliphatic rings. The van der Waals surface area contributed by atoms with Crippen molar-refractivity contribution in [3.05, 3.63) is 89.7 Å². The first-order chi connectivity index (χ1) is 18.2. The van der Waals surface area contributed by atoms with Crippen molar-refractivity contribution in [2.75, 3.05) is 38.6 Å². The molecule has 0 N–H and O–H groups in total. The number of benzene rings is 3. The van der Waals surface area contributed by atoms with Gasteiger partial charge in [-0.1, -0.05) is 54.7 Å². The molecule has 0 unspecified atom stereocenters. The summed E-state index contributed by atoms with van der Waals surface area (Å²) in [6.07, 6.45) is 0.689. The zero-order valence-electron chi connectivity index (χ0n) is 22.0. The third-order valence-electron chi connectivity index (χ3n) is 6.12. The molecule has 0 saturated heterocycles. The second-order valence-corrected chi connectivity index (χ2v) is 12.1. The fraction of sp³-hybridized carbons (Fsp3) is 0.286. The SMILES string of the molecule is CCN(Cc1ccccc1)S(=O)(=O)c1ccc(C(=O)N(CCCN(C)C)c2nc3c(F)cccc3s2)cc1.[Cl-]. The highest BCUT2D eigenvalue weighted by Gasteiger charge is 2.26. The summed E-state index contributed by atoms with van der Waals surface area (Å²) < 4.78 is 43.0. The van der Waals surface area contributed by atoms with Gasteiger partial charge in [0, 0.05) is 25.2 Å². The minimum atomic E-state index is -3.76. The van der Waals surface area contributed by atoms with Crippen LogP contribution in [0.5, 0.6) is 0 Å². The summed E-state index contributed by atoms with van der Waals surface area (Å²) in [6.45, 7) is 3.51. The zero-order valence-corrected chi connectivity index (χ0v) is 24.4. The van der Waals surface area contributed by atoms with E-state index in [4.69, 9.17) is 0 Å². The van der Waals surface area contributed by atoms with Gasteiger partial charge in [-0.2, -0.15) is 4.31 Å². The summed E-state index contributed by atoms with van der Waals surface area (Å²) in [5.74, 6) is -0.750. The van der Waals surface area contributed by atoms with Crippen molar-refractivity contribution in [1.82, 2.24) is 14.2 Å². The number of hydrogen-bond donors (Lipinski definition) is 0. The van der Waals surface area contributed by atoms with Crippen LogP contribution in [0.3, 0.4) is 0 Å². The Morgan fingerprint density at radius 2 is 1.64 bits per heavy atom. The minimum Gasteiger partial charge on any atom is -1.00 e. The largest absolute Gasteiger partial charge is 1.00 e. The fourth-order valence-electron chi connectivity index (χ4n) is 4.08. The minimum absolute atomic E-state index is 0. The maximum Gasteiger partial charge on any atom is 0.260 e. The molecule has 7 nitrogen and oxygen atoms in total. The van der Waals surface area contributed by atoms with Crippen molar-refractivity contribution >= 4 is 42.6 Å². The third-order valence-corrected chi connectivity index (χ3v) is 9.09. The number of halogens is 2. The lowest BCUT2D eigenvalue weighted by Crippen LogP contribution is -3.00. The number of anilines is 1. The summed E-state index contributed by atoms with van der Waals surface area (Å²) in [7, 11) is 0.149. The highest BCUT2D eigenvalue weighted by molar-refractivity contribution is 7.89. The number of hydrogen-bond acceptors (Lipinski definition) is 6. The first-order valence-electron chi connectivity index (χ1n) is 12.4. The molecule has 4 rings (SSSR count). The number of sulfonamides is 1. The first-order valence-corrected chi connectivity index (χ1v) is 14.6. The van der Waals surface area contributed by atoms with Gasteiger partial charge in [0.2, 0.25) is 10.0 Å². The molecule has 0 spiro atoms. The van der Waals surface area contributed by atoms with Gasteiger partial charge in [0.05, 0.1) is 9.60 Å². The van der Waals surface area contributed by atoms with Crippen molar-refractivity contribution < 1.29 is 30.0 Å². The van der Waals surface area contributed by atoms with E-state index in [1.165, 1.54) is 46.0 Å². The second kappa shape index (κ2) is 13.5. The Bertz CT molecular complexity index is 1500. The van der Waals surface area contributed by atoms with E-state index >= 15 is 0 Å². The summed E-state index contributed by atoms with van der Waals surface area (Å²) in [6, 6.07) is 20.1. The summed E-state index contributed by atoms with van der Waals surface area (Å²) in [5, 5.41) is 0.408. The van der Waals surface area contributed by atoms with Gasteiger partial charge < -0.3 is 17.3 Å². The van der Waals surface area contributed by atoms with Crippen LogP contribution in [0.4, 0.5) is 9.52 Å². The summed E-state index contributed by atoms with van der Waals surface area (Å²) >= 11 is 1.25. The van der Waals surface area contributed by atoms with Gasteiger partial charge in [-0.3, -0.25) is 9.69 Å². The van der Waals surface area contributed by atoms with Crippen LogP contribution in [0.1, 0.15) is 29.3 Å². The Kier molecular flexibility index (Phi) is 10.6. The number of thiazole rings is 1. The molecule has 0 fully saturated rings. The monoisotopic (exact) mass is 589 g/mol. The highest BCUT2D eigenvalue weighted by Crippen LogP contribution is 2.31. The van der Waals surface area contributed by atoms with Crippen molar-refractivity contribution in [2.45, 2.75) is 24.8 Å². The molecule has 0 saturated carbocycles. The van der Waals surface area contributed by atoms with Crippen molar-refractivity contribution in [3.63, 3.8) is 0 Å². The lowest BCUT2D eigenvalue weighted by molar-refractivity contribution is -0.0000184. The molecule has 208 valence electrons. The van der Waals surface area contributed by atoms with Gasteiger partial charge in [0.15, 0.2) is 5.13 Å². The molecular weight excluding hydrogens is 559 g/mol. The second-order valence-electron chi connectivity index (χ2n) is 9.14. The van der Waals surface area contributed by atoms with E-state index in [9.17, 15) is 17.6 Å². The van der Waals surface area contributed by atoms with Crippen molar-refractivity contribution in [3.8, 4) is 0 Å². The van der Waals surface area contributed by atoms with Gasteiger partial charge in [0.25, 0.3) is 5.91 Å². The van der Waals surface area contributed by atoms with E-state index in [0.717, 1.165) is 12.1 Å². The van der Waals surface area contributed by atoms with Crippen LogP contribution in [0, 0.1) is 5.82 Å². The van der Waals surface area contributed by atoms with E-state index in [1.54, 1.807) is 24.0 Å². The Morgan fingerprint density at radius 3 is 2.26 bits per heavy atom. The molecule has 1 amide bonds. The number of fused-ring (bicyclic) bond motifs is 1. The number of aromatic nitrogens is 1. The van der Waals surface area contributed by atoms with Gasteiger partial charge >= 0.3 is 0 Å². The van der Waals surface area contributed by atoms with Crippen molar-refractivity contribution in [2.24, 2.45) is 0 Å². The molecule has 39 heavy (non-hydrogen) atoms. The molecule has 0 aliphatic carbocycles. The Labute approximate surface area is 239 Å². The Balaban J connectivity index is 0.00000420. The van der Waals surface area contributed by atoms with Gasteiger partial charge in [-0.05, 0) is 69.0 Å². The molecule has 0 atom stereocenters. The number of carbonyl (C=O) groups is 1. The number of rotatable bonds is 11. The molecule has 3 aromatic carbocycles. The Morgan fingerprint density at radius 1 is 0.949 bits per heavy atom. The van der Waals surface area contributed by atoms with E-state index in [-0.39, 0.29) is 35.3 Å². The number of amides is 1. The van der Waals surface area contributed by atoms with Gasteiger partial charge in [-0.15, -0.1) is 0 Å². The topological polar surface area (TPSA) is 73.8 Å². The predicted octanol–water partition coefficient (Wildman–Crippen LogP) is 2.25. The average molecular weight is 590 g/mol. The lowest BCUT2D eigenvalue weighted by Gasteiger charge is -2.22. The molecule has 0 aliphatic heterocycles. The van der Waals surface area contributed by atoms with Crippen LogP contribution in [0.2, 0.25) is 0 Å². The summed E-state index contributed by atoms with van der Waals surface area (Å²) in [5.41, 5.74) is 1.46. The van der Waals surface area contributed by atoms with E-state index in [0.29, 0.717) is 34.9 Å². The highest BCUT2D eigenvalue weighted by atomic mass is 35.5. The van der Waals surface area contributed by atoms with Crippen LogP contribution < -0.4 is 17.3 Å². The van der Waals surface area contributed by atoms with Crippen LogP contribution in [-0.4, -0.2) is 62.2 Å². The van der Waals surface area contributed by atoms with Crippen LogP contribution in [0.15, 0.2) is 77.7 Å². The smallest absolute Gasteiger partial charge is 0.260 e. The molecule has 11 heteroatoms. The normalized spacial score (nSPS) is 11.6. The lowest BCUT2D eigenvalue weighted by atomic mass is 10.2. The Hall–Kier alpha value is -2.89. The fourth-order valence-corrected chi connectivity index (χ4v) is 6.52. The van der Waals surface area contributed by atoms with Crippen molar-refractivity contribution in [1.29, 1.82) is 0 Å². The summed E-state index contributed by atoms with van der Waals surface area (Å²) in [4.78, 5) is 21.7. The standard InChI is InChI=1S/C28H31FN4O3S2.ClH/c1-4-32(20-21-10-6-5-7-11-21)38(35,36)23-16-14-22(15-17-23)27(34)33(19-9-18-31(2)3)28-30-26-24(29)12-8-13-25(26)37-28;/h5-8,10-17H,4,9,18-20H2,1-3H3;1H/p-1. The zero-order chi connectivity index (χ0) is 27.3. The van der Waals surface area contributed by atoms with Gasteiger partial charge in [0.1, 0.15) is 11.3 Å². The number of carbonyl (C=O) groups excluding carboxylic acids is 1. The molecule has 4 aromatic rings. The first kappa shape index (κ1) is 30.6. The molecule has 1 heterocycles. The predicted molar refractivity (Wildman–Crippen MR) is 151 cm³/mol. The maximum atomic E-state index is 14.3. The van der Waals surface area contributed by atoms with Gasteiger partial charge in [-0.25, -0.2) is 17.8 Å². The van der Waals surface area contributed by atoms with E-state index < -0.39 is 15.8 Å². The van der Waals surface area contributed by atoms with Crippen LogP contribution >= 0.6 is 11.3 Å². The van der Waals surface area contributed by atoms with E-state index in [1.807, 2.05) is 49.3 Å².